The maximum atomic E-state index is 12.4. The summed E-state index contributed by atoms with van der Waals surface area (Å²) >= 11 is 0. The molecular weight excluding hydrogens is 278 g/mol. The summed E-state index contributed by atoms with van der Waals surface area (Å²) in [5.41, 5.74) is 2.47. The van der Waals surface area contributed by atoms with E-state index in [2.05, 4.69) is 5.32 Å². The van der Waals surface area contributed by atoms with Gasteiger partial charge in [0, 0.05) is 24.8 Å². The summed E-state index contributed by atoms with van der Waals surface area (Å²) in [5, 5.41) is 2.94. The van der Waals surface area contributed by atoms with E-state index in [4.69, 9.17) is 9.47 Å². The van der Waals surface area contributed by atoms with E-state index in [1.165, 1.54) is 0 Å². The molecule has 116 valence electrons. The lowest BCUT2D eigenvalue weighted by molar-refractivity contribution is 0.0945. The van der Waals surface area contributed by atoms with Gasteiger partial charge in [-0.05, 0) is 24.6 Å². The van der Waals surface area contributed by atoms with E-state index in [1.54, 1.807) is 13.2 Å². The molecule has 22 heavy (non-hydrogen) atoms. The lowest BCUT2D eigenvalue weighted by Gasteiger charge is -2.12. The van der Waals surface area contributed by atoms with Crippen molar-refractivity contribution in [2.45, 2.75) is 20.1 Å². The van der Waals surface area contributed by atoms with E-state index in [9.17, 15) is 4.79 Å². The molecule has 0 spiro atoms. The first kappa shape index (κ1) is 16.0. The van der Waals surface area contributed by atoms with Gasteiger partial charge in [-0.2, -0.15) is 0 Å². The van der Waals surface area contributed by atoms with Crippen molar-refractivity contribution in [2.75, 3.05) is 13.7 Å². The van der Waals surface area contributed by atoms with E-state index in [0.717, 1.165) is 16.9 Å². The molecule has 2 aromatic rings. The molecule has 0 heterocycles. The Balaban J connectivity index is 2.07. The first-order valence-corrected chi connectivity index (χ1v) is 7.32. The summed E-state index contributed by atoms with van der Waals surface area (Å²) in [5.74, 6) is 0.689. The minimum atomic E-state index is -0.112. The maximum absolute atomic E-state index is 12.4. The molecule has 0 aromatic heterocycles. The Morgan fingerprint density at radius 3 is 2.45 bits per heavy atom. The van der Waals surface area contributed by atoms with Crippen molar-refractivity contribution in [2.24, 2.45) is 0 Å². The van der Waals surface area contributed by atoms with Crippen molar-refractivity contribution in [1.29, 1.82) is 0 Å². The van der Waals surface area contributed by atoms with Gasteiger partial charge in [-0.1, -0.05) is 36.4 Å². The zero-order valence-corrected chi connectivity index (χ0v) is 13.0. The normalized spacial score (nSPS) is 10.3. The summed E-state index contributed by atoms with van der Waals surface area (Å²) in [7, 11) is 1.62. The van der Waals surface area contributed by atoms with Crippen LogP contribution >= 0.6 is 0 Å². The zero-order valence-electron chi connectivity index (χ0n) is 13.0. The van der Waals surface area contributed by atoms with Crippen LogP contribution in [0.5, 0.6) is 5.75 Å². The fourth-order valence-corrected chi connectivity index (χ4v) is 2.24. The van der Waals surface area contributed by atoms with Gasteiger partial charge in [0.05, 0.1) is 13.2 Å². The molecule has 4 nitrogen and oxygen atoms in total. The molecule has 4 heteroatoms. The molecule has 2 rings (SSSR count). The Bertz CT molecular complexity index is 625. The first-order chi connectivity index (χ1) is 10.8. The number of ether oxygens (including phenoxy) is 2. The quantitative estimate of drug-likeness (QED) is 0.854. The van der Waals surface area contributed by atoms with Gasteiger partial charge < -0.3 is 14.8 Å². The second-order valence-electron chi connectivity index (χ2n) is 4.81. The lowest BCUT2D eigenvalue weighted by Crippen LogP contribution is -2.24. The van der Waals surface area contributed by atoms with Gasteiger partial charge in [-0.15, -0.1) is 0 Å². The molecule has 0 aliphatic carbocycles. The van der Waals surface area contributed by atoms with Crippen LogP contribution in [0.2, 0.25) is 0 Å². The highest BCUT2D eigenvalue weighted by molar-refractivity contribution is 5.95. The SMILES string of the molecule is CCOc1ccccc1CNC(=O)c1ccccc1COC. The van der Waals surface area contributed by atoms with Crippen LogP contribution in [-0.4, -0.2) is 19.6 Å². The third kappa shape index (κ3) is 4.09. The highest BCUT2D eigenvalue weighted by atomic mass is 16.5. The summed E-state index contributed by atoms with van der Waals surface area (Å²) in [6.45, 7) is 3.38. The lowest BCUT2D eigenvalue weighted by atomic mass is 10.1. The monoisotopic (exact) mass is 299 g/mol. The molecule has 0 atom stereocenters. The van der Waals surface area contributed by atoms with Gasteiger partial charge in [0.2, 0.25) is 0 Å². The van der Waals surface area contributed by atoms with Crippen LogP contribution in [0.4, 0.5) is 0 Å². The molecule has 1 N–H and O–H groups in total. The molecule has 0 aliphatic heterocycles. The average Bonchev–Trinajstić information content (AvgIpc) is 2.55. The first-order valence-electron chi connectivity index (χ1n) is 7.32. The zero-order chi connectivity index (χ0) is 15.8. The fraction of sp³-hybridized carbons (Fsp3) is 0.278. The molecule has 2 aromatic carbocycles. The Labute approximate surface area is 131 Å². The predicted octanol–water partition coefficient (Wildman–Crippen LogP) is 3.16. The second kappa shape index (κ2) is 8.20. The number of methoxy groups -OCH3 is 1. The molecule has 0 fully saturated rings. The third-order valence-electron chi connectivity index (χ3n) is 3.27. The Kier molecular flexibility index (Phi) is 5.98. The minimum Gasteiger partial charge on any atom is -0.494 e. The number of hydrogen-bond acceptors (Lipinski definition) is 3. The molecule has 0 radical (unpaired) electrons. The molecule has 1 amide bonds. The number of rotatable bonds is 7. The van der Waals surface area contributed by atoms with Crippen LogP contribution in [0, 0.1) is 0 Å². The average molecular weight is 299 g/mol. The van der Waals surface area contributed by atoms with E-state index in [0.29, 0.717) is 25.3 Å². The summed E-state index contributed by atoms with van der Waals surface area (Å²) in [4.78, 5) is 12.4. The smallest absolute Gasteiger partial charge is 0.251 e. The van der Waals surface area contributed by atoms with E-state index >= 15 is 0 Å². The van der Waals surface area contributed by atoms with Crippen molar-refractivity contribution < 1.29 is 14.3 Å². The van der Waals surface area contributed by atoms with Gasteiger partial charge in [0.25, 0.3) is 5.91 Å². The van der Waals surface area contributed by atoms with Crippen molar-refractivity contribution in [3.8, 4) is 5.75 Å². The van der Waals surface area contributed by atoms with Gasteiger partial charge in [-0.25, -0.2) is 0 Å². The molecule has 0 bridgehead atoms. The van der Waals surface area contributed by atoms with Crippen molar-refractivity contribution in [3.63, 3.8) is 0 Å². The minimum absolute atomic E-state index is 0.112. The molecular formula is C18H21NO3. The molecule has 0 aliphatic rings. The fourth-order valence-electron chi connectivity index (χ4n) is 2.24. The van der Waals surface area contributed by atoms with Crippen molar-refractivity contribution in [3.05, 3.63) is 65.2 Å². The number of para-hydroxylation sites is 1. The number of carbonyl (C=O) groups excluding carboxylic acids is 1. The van der Waals surface area contributed by atoms with Crippen LogP contribution in [0.1, 0.15) is 28.4 Å². The number of hydrogen-bond donors (Lipinski definition) is 1. The third-order valence-corrected chi connectivity index (χ3v) is 3.27. The predicted molar refractivity (Wildman–Crippen MR) is 85.9 cm³/mol. The Morgan fingerprint density at radius 2 is 1.73 bits per heavy atom. The van der Waals surface area contributed by atoms with Gasteiger partial charge in [0.1, 0.15) is 5.75 Å². The van der Waals surface area contributed by atoms with Crippen molar-refractivity contribution >= 4 is 5.91 Å². The van der Waals surface area contributed by atoms with E-state index < -0.39 is 0 Å². The number of carbonyl (C=O) groups is 1. The topological polar surface area (TPSA) is 47.6 Å². The summed E-state index contributed by atoms with van der Waals surface area (Å²) < 4.78 is 10.7. The largest absolute Gasteiger partial charge is 0.494 e. The Hall–Kier alpha value is -2.33. The molecule has 0 saturated heterocycles. The molecule has 0 saturated carbocycles. The van der Waals surface area contributed by atoms with Gasteiger partial charge in [-0.3, -0.25) is 4.79 Å². The number of benzene rings is 2. The van der Waals surface area contributed by atoms with Crippen LogP contribution in [-0.2, 0) is 17.9 Å². The van der Waals surface area contributed by atoms with Crippen LogP contribution in [0.15, 0.2) is 48.5 Å². The highest BCUT2D eigenvalue weighted by Gasteiger charge is 2.11. The Morgan fingerprint density at radius 1 is 1.05 bits per heavy atom. The van der Waals surface area contributed by atoms with Gasteiger partial charge in [0.15, 0.2) is 0 Å². The molecule has 0 unspecified atom stereocenters. The van der Waals surface area contributed by atoms with Gasteiger partial charge >= 0.3 is 0 Å². The van der Waals surface area contributed by atoms with Crippen LogP contribution in [0.25, 0.3) is 0 Å². The van der Waals surface area contributed by atoms with E-state index in [1.807, 2.05) is 49.4 Å². The highest BCUT2D eigenvalue weighted by Crippen LogP contribution is 2.18. The number of amides is 1. The van der Waals surface area contributed by atoms with Crippen molar-refractivity contribution in [1.82, 2.24) is 5.32 Å². The summed E-state index contributed by atoms with van der Waals surface area (Å²) in [6.07, 6.45) is 0. The van der Waals surface area contributed by atoms with Crippen LogP contribution in [0.3, 0.4) is 0 Å². The number of nitrogens with one attached hydrogen (secondary N) is 1. The van der Waals surface area contributed by atoms with E-state index in [-0.39, 0.29) is 5.91 Å². The summed E-state index contributed by atoms with van der Waals surface area (Å²) in [6, 6.07) is 15.2. The maximum Gasteiger partial charge on any atom is 0.251 e. The second-order valence-corrected chi connectivity index (χ2v) is 4.81. The van der Waals surface area contributed by atoms with Crippen LogP contribution < -0.4 is 10.1 Å². The standard InChI is InChI=1S/C18H21NO3/c1-3-22-17-11-7-5-8-14(17)12-19-18(20)16-10-6-4-9-15(16)13-21-2/h4-11H,3,12-13H2,1-2H3,(H,19,20).